The molecule has 6 rings (SSSR count). The molecule has 1 aromatic heterocycles. The largest absolute Gasteiger partial charge is 0.383 e. The van der Waals surface area contributed by atoms with Gasteiger partial charge in [-0.1, -0.05) is 31.6 Å². The van der Waals surface area contributed by atoms with Crippen molar-refractivity contribution in [1.82, 2.24) is 15.2 Å². The van der Waals surface area contributed by atoms with Gasteiger partial charge in [-0.15, -0.1) is 0 Å². The Morgan fingerprint density at radius 2 is 1.73 bits per heavy atom. The van der Waals surface area contributed by atoms with E-state index >= 15 is 0 Å². The molecule has 2 aromatic carbocycles. The number of nitrogen functional groups attached to an aromatic ring is 1. The molecular formula is C30H31F2N5. The molecule has 1 saturated carbocycles. The molecule has 0 atom stereocenters. The molecule has 0 radical (unpaired) electrons. The van der Waals surface area contributed by atoms with Crippen LogP contribution >= 0.6 is 0 Å². The summed E-state index contributed by atoms with van der Waals surface area (Å²) in [5.74, 6) is -0.0750. The van der Waals surface area contributed by atoms with Gasteiger partial charge in [0.1, 0.15) is 11.6 Å². The highest BCUT2D eigenvalue weighted by Crippen LogP contribution is 2.36. The quantitative estimate of drug-likeness (QED) is 0.424. The fourth-order valence-corrected chi connectivity index (χ4v) is 5.33. The van der Waals surface area contributed by atoms with E-state index in [0.29, 0.717) is 39.1 Å². The second-order valence-corrected chi connectivity index (χ2v) is 10.2. The number of halogens is 2. The van der Waals surface area contributed by atoms with Crippen molar-refractivity contribution in [2.75, 3.05) is 43.4 Å². The lowest BCUT2D eigenvalue weighted by molar-refractivity contribution is 0.250. The van der Waals surface area contributed by atoms with Crippen LogP contribution in [0.5, 0.6) is 0 Å². The van der Waals surface area contributed by atoms with Crippen molar-refractivity contribution >= 4 is 23.3 Å². The number of pyridine rings is 1. The number of anilines is 2. The van der Waals surface area contributed by atoms with Gasteiger partial charge in [-0.05, 0) is 72.0 Å². The fourth-order valence-electron chi connectivity index (χ4n) is 5.33. The third-order valence-corrected chi connectivity index (χ3v) is 7.73. The lowest BCUT2D eigenvalue weighted by Crippen LogP contribution is -2.46. The number of nitrogens with zero attached hydrogens (tertiary/aromatic N) is 3. The maximum Gasteiger partial charge on any atom is 0.222 e. The summed E-state index contributed by atoms with van der Waals surface area (Å²) in [4.78, 5) is 8.91. The molecule has 0 bridgehead atoms. The number of nitrogens with one attached hydrogen (secondary N) is 1. The number of rotatable bonds is 6. The summed E-state index contributed by atoms with van der Waals surface area (Å²) in [7, 11) is 0. The molecule has 2 aliphatic heterocycles. The predicted molar refractivity (Wildman–Crippen MR) is 147 cm³/mol. The Kier molecular flexibility index (Phi) is 6.16. The van der Waals surface area contributed by atoms with E-state index in [2.05, 4.69) is 26.7 Å². The highest BCUT2D eigenvalue weighted by atomic mass is 19.1. The zero-order chi connectivity index (χ0) is 25.5. The van der Waals surface area contributed by atoms with E-state index in [1.807, 2.05) is 30.3 Å². The highest BCUT2D eigenvalue weighted by molar-refractivity contribution is 5.85. The Bertz CT molecular complexity index is 1370. The average molecular weight is 500 g/mol. The number of nitrogens with two attached hydrogens (primary N) is 1. The van der Waals surface area contributed by atoms with E-state index < -0.39 is 11.8 Å². The van der Waals surface area contributed by atoms with Crippen LogP contribution in [0, 0.1) is 17.7 Å². The summed E-state index contributed by atoms with van der Waals surface area (Å²) >= 11 is 0. The lowest BCUT2D eigenvalue weighted by atomic mass is 9.94. The van der Waals surface area contributed by atoms with E-state index in [1.54, 1.807) is 18.3 Å². The number of benzene rings is 2. The van der Waals surface area contributed by atoms with Crippen molar-refractivity contribution in [1.29, 1.82) is 0 Å². The number of hydrogen-bond donors (Lipinski definition) is 2. The smallest absolute Gasteiger partial charge is 0.222 e. The van der Waals surface area contributed by atoms with Gasteiger partial charge >= 0.3 is 0 Å². The number of fused-ring (bicyclic) bond motifs is 1. The summed E-state index contributed by atoms with van der Waals surface area (Å²) in [5, 5.41) is 2.92. The van der Waals surface area contributed by atoms with Gasteiger partial charge in [0.25, 0.3) is 0 Å². The molecule has 3 aromatic rings. The van der Waals surface area contributed by atoms with E-state index in [1.165, 1.54) is 31.9 Å². The molecule has 0 amide bonds. The molecule has 0 spiro atoms. The van der Waals surface area contributed by atoms with Crippen molar-refractivity contribution in [3.63, 3.8) is 0 Å². The number of piperazine rings is 1. The number of aromatic nitrogens is 1. The van der Waals surface area contributed by atoms with Crippen LogP contribution in [0.3, 0.4) is 0 Å². The number of hydrogen-bond acceptors (Lipinski definition) is 5. The molecule has 1 aliphatic carbocycles. The standard InChI is InChI=1S/C30H31F2N5/c1-19-28-22(8-10-34-19)16-23(17-27(28)31)26-18-25(29(32)35-30(26)33)21-4-6-24(7-5-21)37-14-12-36(13-15-37)11-9-20-2-3-20/h4-8,10,16-18,20,34H,1-3,9,11-15H2,(H2,33,35). The van der Waals surface area contributed by atoms with Gasteiger partial charge in [-0.2, -0.15) is 4.39 Å². The first-order chi connectivity index (χ1) is 18.0. The molecular weight excluding hydrogens is 468 g/mol. The average Bonchev–Trinajstić information content (AvgIpc) is 3.73. The molecule has 1 saturated heterocycles. The second kappa shape index (κ2) is 9.63. The highest BCUT2D eigenvalue weighted by Gasteiger charge is 2.24. The van der Waals surface area contributed by atoms with E-state index in [0.717, 1.165) is 37.8 Å². The zero-order valence-electron chi connectivity index (χ0n) is 20.8. The first kappa shape index (κ1) is 23.7. The van der Waals surface area contributed by atoms with Gasteiger partial charge in [0.2, 0.25) is 5.95 Å². The van der Waals surface area contributed by atoms with Crippen LogP contribution in [0.1, 0.15) is 30.4 Å². The van der Waals surface area contributed by atoms with Gasteiger partial charge in [0.05, 0.1) is 0 Å². The Balaban J connectivity index is 1.23. The van der Waals surface area contributed by atoms with Crippen molar-refractivity contribution in [2.24, 2.45) is 5.92 Å². The lowest BCUT2D eigenvalue weighted by Gasteiger charge is -2.36. The van der Waals surface area contributed by atoms with Crippen molar-refractivity contribution < 1.29 is 8.78 Å². The van der Waals surface area contributed by atoms with E-state index in [-0.39, 0.29) is 5.82 Å². The van der Waals surface area contributed by atoms with Crippen molar-refractivity contribution in [3.05, 3.63) is 78.1 Å². The molecule has 3 heterocycles. The van der Waals surface area contributed by atoms with Crippen LogP contribution in [0.15, 0.2) is 55.2 Å². The Hall–Kier alpha value is -3.71. The van der Waals surface area contributed by atoms with Gasteiger partial charge in [-0.25, -0.2) is 9.37 Å². The van der Waals surface area contributed by atoms with Crippen LogP contribution in [-0.4, -0.2) is 42.6 Å². The summed E-state index contributed by atoms with van der Waals surface area (Å²) < 4.78 is 29.9. The molecule has 37 heavy (non-hydrogen) atoms. The topological polar surface area (TPSA) is 57.4 Å². The Morgan fingerprint density at radius 3 is 2.46 bits per heavy atom. The molecule has 3 aliphatic rings. The maximum absolute atomic E-state index is 15.0. The van der Waals surface area contributed by atoms with Crippen molar-refractivity contribution in [2.45, 2.75) is 19.3 Å². The van der Waals surface area contributed by atoms with Gasteiger partial charge in [0, 0.05) is 60.5 Å². The van der Waals surface area contributed by atoms with Crippen LogP contribution in [0.25, 0.3) is 34.0 Å². The molecule has 5 nitrogen and oxygen atoms in total. The van der Waals surface area contributed by atoms with Crippen LogP contribution in [0.2, 0.25) is 0 Å². The molecule has 2 fully saturated rings. The second-order valence-electron chi connectivity index (χ2n) is 10.2. The third kappa shape index (κ3) is 4.83. The Morgan fingerprint density at radius 1 is 0.973 bits per heavy atom. The zero-order valence-corrected chi connectivity index (χ0v) is 20.8. The van der Waals surface area contributed by atoms with Crippen LogP contribution in [-0.2, 0) is 0 Å². The summed E-state index contributed by atoms with van der Waals surface area (Å²) in [5.41, 5.74) is 10.9. The molecule has 7 heteroatoms. The summed E-state index contributed by atoms with van der Waals surface area (Å²) in [6, 6.07) is 12.8. The first-order valence-corrected chi connectivity index (χ1v) is 13.0. The first-order valence-electron chi connectivity index (χ1n) is 13.0. The van der Waals surface area contributed by atoms with Crippen LogP contribution in [0.4, 0.5) is 20.3 Å². The van der Waals surface area contributed by atoms with E-state index in [9.17, 15) is 8.78 Å². The van der Waals surface area contributed by atoms with E-state index in [4.69, 9.17) is 5.73 Å². The molecule has 3 N–H and O–H groups in total. The van der Waals surface area contributed by atoms with Gasteiger partial charge in [-0.3, -0.25) is 4.90 Å². The maximum atomic E-state index is 15.0. The monoisotopic (exact) mass is 499 g/mol. The molecule has 0 unspecified atom stereocenters. The fraction of sp³-hybridized carbons (Fsp3) is 0.300. The van der Waals surface area contributed by atoms with Crippen LogP contribution < -0.4 is 16.0 Å². The van der Waals surface area contributed by atoms with Gasteiger partial charge in [0.15, 0.2) is 0 Å². The SMILES string of the molecule is C=C1NC=Cc2cc(-c3cc(-c4ccc(N5CCN(CCC6CC6)CC5)cc4)c(F)nc3N)cc(F)c21. The minimum atomic E-state index is -0.644. The minimum Gasteiger partial charge on any atom is -0.383 e. The van der Waals surface area contributed by atoms with Crippen molar-refractivity contribution in [3.8, 4) is 22.3 Å². The Labute approximate surface area is 216 Å². The minimum absolute atomic E-state index is 0.0218. The third-order valence-electron chi connectivity index (χ3n) is 7.73. The van der Waals surface area contributed by atoms with Gasteiger partial charge < -0.3 is 16.0 Å². The normalized spacial score (nSPS) is 17.6. The summed E-state index contributed by atoms with van der Waals surface area (Å²) in [6.45, 7) is 9.21. The molecule has 190 valence electrons. The summed E-state index contributed by atoms with van der Waals surface area (Å²) in [6.07, 6.45) is 7.64. The predicted octanol–water partition coefficient (Wildman–Crippen LogP) is 5.74.